The summed E-state index contributed by atoms with van der Waals surface area (Å²) in [4.78, 5) is 27.5. The van der Waals surface area contributed by atoms with E-state index in [1.807, 2.05) is 36.6 Å². The summed E-state index contributed by atoms with van der Waals surface area (Å²) in [5.41, 5.74) is 2.82. The van der Waals surface area contributed by atoms with Gasteiger partial charge in [0.2, 0.25) is 0 Å². The van der Waals surface area contributed by atoms with E-state index in [-0.39, 0.29) is 30.4 Å². The molecule has 6 nitrogen and oxygen atoms in total. The van der Waals surface area contributed by atoms with Gasteiger partial charge in [-0.2, -0.15) is 0 Å². The number of hydrogen-bond acceptors (Lipinski definition) is 7. The van der Waals surface area contributed by atoms with Crippen LogP contribution in [0.15, 0.2) is 62.9 Å². The third kappa shape index (κ3) is 3.88. The standard InChI is InChI=1S/C24H25NO5S/c1-14-21(24(27)30-13-16-5-2-8-28-16)23(20-7-4-10-31-20)22-17(25-14)11-15(12-18(22)26)19-6-3-9-29-19/h3-4,6-7,9-10,15-16,23,25H,2,5,8,11-13H2,1H3. The van der Waals surface area contributed by atoms with Crippen LogP contribution < -0.4 is 5.32 Å². The highest BCUT2D eigenvalue weighted by atomic mass is 32.1. The van der Waals surface area contributed by atoms with Crippen LogP contribution >= 0.6 is 11.3 Å². The number of hydrogen-bond donors (Lipinski definition) is 1. The van der Waals surface area contributed by atoms with Gasteiger partial charge < -0.3 is 19.2 Å². The highest BCUT2D eigenvalue weighted by Crippen LogP contribution is 2.46. The van der Waals surface area contributed by atoms with Gasteiger partial charge in [-0.05, 0) is 49.8 Å². The number of ether oxygens (including phenoxy) is 2. The van der Waals surface area contributed by atoms with Gasteiger partial charge in [0, 0.05) is 40.8 Å². The third-order valence-electron chi connectivity index (χ3n) is 6.25. The van der Waals surface area contributed by atoms with Crippen molar-refractivity contribution in [1.29, 1.82) is 0 Å². The van der Waals surface area contributed by atoms with Crippen LogP contribution in [0.3, 0.4) is 0 Å². The zero-order valence-corrected chi connectivity index (χ0v) is 18.2. The van der Waals surface area contributed by atoms with Gasteiger partial charge in [0.25, 0.3) is 0 Å². The Hall–Kier alpha value is -2.64. The van der Waals surface area contributed by atoms with E-state index >= 15 is 0 Å². The molecule has 0 aromatic carbocycles. The van der Waals surface area contributed by atoms with Crippen LogP contribution in [0.25, 0.3) is 0 Å². The average Bonchev–Trinajstić information content (AvgIpc) is 3.54. The number of dihydropyridines is 1. The van der Waals surface area contributed by atoms with Crippen molar-refractivity contribution < 1.29 is 23.5 Å². The first-order valence-electron chi connectivity index (χ1n) is 10.7. The zero-order chi connectivity index (χ0) is 21.4. The summed E-state index contributed by atoms with van der Waals surface area (Å²) < 4.78 is 16.8. The molecule has 1 fully saturated rings. The lowest BCUT2D eigenvalue weighted by Gasteiger charge is -2.35. The lowest BCUT2D eigenvalue weighted by atomic mass is 9.74. The summed E-state index contributed by atoms with van der Waals surface area (Å²) in [7, 11) is 0. The maximum Gasteiger partial charge on any atom is 0.336 e. The van der Waals surface area contributed by atoms with E-state index in [1.165, 1.54) is 0 Å². The van der Waals surface area contributed by atoms with Crippen LogP contribution in [0.2, 0.25) is 0 Å². The SMILES string of the molecule is CC1=C(C(=O)OCC2CCCO2)C(c2cccs2)C2=C(CC(c3ccco3)CC2=O)N1. The van der Waals surface area contributed by atoms with Gasteiger partial charge >= 0.3 is 5.97 Å². The van der Waals surface area contributed by atoms with E-state index < -0.39 is 5.92 Å². The number of furan rings is 1. The predicted octanol–water partition coefficient (Wildman–Crippen LogP) is 4.42. The van der Waals surface area contributed by atoms with E-state index in [4.69, 9.17) is 13.9 Å². The van der Waals surface area contributed by atoms with Crippen LogP contribution in [-0.4, -0.2) is 31.1 Å². The molecule has 162 valence electrons. The number of rotatable bonds is 5. The Morgan fingerprint density at radius 3 is 2.90 bits per heavy atom. The fraction of sp³-hybridized carbons (Fsp3) is 0.417. The van der Waals surface area contributed by atoms with Crippen LogP contribution in [0.1, 0.15) is 55.1 Å². The van der Waals surface area contributed by atoms with Crippen molar-refractivity contribution >= 4 is 23.1 Å². The number of ketones is 1. The Balaban J connectivity index is 1.46. The van der Waals surface area contributed by atoms with Crippen molar-refractivity contribution in [2.75, 3.05) is 13.2 Å². The van der Waals surface area contributed by atoms with Gasteiger partial charge in [-0.3, -0.25) is 4.79 Å². The average molecular weight is 440 g/mol. The lowest BCUT2D eigenvalue weighted by Crippen LogP contribution is -2.36. The molecule has 2 aromatic rings. The molecule has 7 heteroatoms. The first-order valence-corrected chi connectivity index (χ1v) is 11.6. The summed E-state index contributed by atoms with van der Waals surface area (Å²) in [6, 6.07) is 7.70. The second-order valence-corrected chi connectivity index (χ2v) is 9.26. The molecule has 0 amide bonds. The summed E-state index contributed by atoms with van der Waals surface area (Å²) in [5, 5.41) is 5.33. The molecule has 0 radical (unpaired) electrons. The van der Waals surface area contributed by atoms with Gasteiger partial charge in [-0.25, -0.2) is 4.79 Å². The zero-order valence-electron chi connectivity index (χ0n) is 17.4. The minimum Gasteiger partial charge on any atom is -0.469 e. The monoisotopic (exact) mass is 439 g/mol. The van der Waals surface area contributed by atoms with Crippen molar-refractivity contribution in [3.05, 3.63) is 69.1 Å². The molecule has 3 atom stereocenters. The van der Waals surface area contributed by atoms with Gasteiger partial charge in [0.15, 0.2) is 5.78 Å². The number of allylic oxidation sites excluding steroid dienone is 3. The van der Waals surface area contributed by atoms with Crippen molar-refractivity contribution in [2.24, 2.45) is 0 Å². The Morgan fingerprint density at radius 1 is 1.29 bits per heavy atom. The maximum atomic E-state index is 13.4. The minimum absolute atomic E-state index is 0.00134. The molecule has 31 heavy (non-hydrogen) atoms. The third-order valence-corrected chi connectivity index (χ3v) is 7.18. The quantitative estimate of drug-likeness (QED) is 0.695. The molecule has 3 unspecified atom stereocenters. The van der Waals surface area contributed by atoms with Crippen LogP contribution in [0.4, 0.5) is 0 Å². The Kier molecular flexibility index (Phi) is 5.54. The molecule has 0 spiro atoms. The summed E-state index contributed by atoms with van der Waals surface area (Å²) in [6.07, 6.45) is 4.53. The normalized spacial score (nSPS) is 26.1. The van der Waals surface area contributed by atoms with Gasteiger partial charge in [-0.1, -0.05) is 6.07 Å². The predicted molar refractivity (Wildman–Crippen MR) is 116 cm³/mol. The summed E-state index contributed by atoms with van der Waals surface area (Å²) >= 11 is 1.55. The summed E-state index contributed by atoms with van der Waals surface area (Å²) in [5.74, 6) is 0.0755. The molecule has 1 aliphatic carbocycles. The summed E-state index contributed by atoms with van der Waals surface area (Å²) in [6.45, 7) is 2.84. The fourth-order valence-electron chi connectivity index (χ4n) is 4.80. The van der Waals surface area contributed by atoms with Gasteiger partial charge in [0.1, 0.15) is 12.4 Å². The Labute approximate surface area is 184 Å². The van der Waals surface area contributed by atoms with E-state index in [0.717, 1.165) is 34.9 Å². The minimum atomic E-state index is -0.404. The van der Waals surface area contributed by atoms with Crippen molar-refractivity contribution in [2.45, 2.75) is 50.5 Å². The number of carbonyl (C=O) groups excluding carboxylic acids is 2. The molecule has 2 aromatic heterocycles. The number of Topliss-reactive ketones (excluding diaryl/α,β-unsaturated/α-hetero) is 1. The lowest BCUT2D eigenvalue weighted by molar-refractivity contribution is -0.142. The molecule has 0 bridgehead atoms. The molecule has 1 N–H and O–H groups in total. The first kappa shape index (κ1) is 20.3. The van der Waals surface area contributed by atoms with Crippen LogP contribution in [0, 0.1) is 0 Å². The van der Waals surface area contributed by atoms with Crippen molar-refractivity contribution in [1.82, 2.24) is 5.32 Å². The molecule has 4 heterocycles. The van der Waals surface area contributed by atoms with Crippen LogP contribution in [0.5, 0.6) is 0 Å². The number of nitrogens with one attached hydrogen (secondary N) is 1. The van der Waals surface area contributed by atoms with Crippen LogP contribution in [-0.2, 0) is 19.1 Å². The van der Waals surface area contributed by atoms with Crippen molar-refractivity contribution in [3.8, 4) is 0 Å². The number of carbonyl (C=O) groups is 2. The second-order valence-electron chi connectivity index (χ2n) is 8.28. The van der Waals surface area contributed by atoms with Gasteiger partial charge in [0.05, 0.1) is 23.9 Å². The molecule has 1 saturated heterocycles. The van der Waals surface area contributed by atoms with E-state index in [1.54, 1.807) is 17.6 Å². The Bertz CT molecular complexity index is 1030. The number of esters is 1. The van der Waals surface area contributed by atoms with E-state index in [2.05, 4.69) is 5.32 Å². The maximum absolute atomic E-state index is 13.4. The van der Waals surface area contributed by atoms with Gasteiger partial charge in [-0.15, -0.1) is 11.3 Å². The fourth-order valence-corrected chi connectivity index (χ4v) is 5.64. The molecular formula is C24H25NO5S. The topological polar surface area (TPSA) is 77.8 Å². The Morgan fingerprint density at radius 2 is 2.19 bits per heavy atom. The van der Waals surface area contributed by atoms with E-state index in [0.29, 0.717) is 30.6 Å². The largest absolute Gasteiger partial charge is 0.469 e. The molecule has 0 saturated carbocycles. The van der Waals surface area contributed by atoms with E-state index in [9.17, 15) is 9.59 Å². The number of thiophene rings is 1. The molecule has 5 rings (SSSR count). The molecule has 3 aliphatic rings. The first-order chi connectivity index (χ1) is 15.1. The smallest absolute Gasteiger partial charge is 0.336 e. The highest BCUT2D eigenvalue weighted by Gasteiger charge is 2.42. The molecule has 2 aliphatic heterocycles. The highest BCUT2D eigenvalue weighted by molar-refractivity contribution is 7.10. The van der Waals surface area contributed by atoms with Crippen molar-refractivity contribution in [3.63, 3.8) is 0 Å². The second kappa shape index (κ2) is 8.48. The molecular weight excluding hydrogens is 414 g/mol.